The Morgan fingerprint density at radius 1 is 0.531 bits per heavy atom. The van der Waals surface area contributed by atoms with E-state index in [0.29, 0.717) is 19.5 Å². The molecule has 0 aromatic carbocycles. The Kier molecular flexibility index (Phi) is 38.1. The van der Waals surface area contributed by atoms with Crippen molar-refractivity contribution in [3.05, 3.63) is 0 Å². The third-order valence-electron chi connectivity index (χ3n) is 10.5. The Morgan fingerprint density at radius 2 is 0.984 bits per heavy atom. The number of carboxylic acid groups (broad SMARTS) is 2. The van der Waals surface area contributed by atoms with Gasteiger partial charge in [-0.25, -0.2) is 4.79 Å². The SMILES string of the molecule is CN=NC(CCCCNC(=O)COCCOCCNC(=O)COCCOCCNC(=O)CCC(NC(=O)CCCCCCCCCCCCCCCCCCC(=O)O)C(=O)O)C1CO1. The summed E-state index contributed by atoms with van der Waals surface area (Å²) in [6.45, 7) is 3.01. The summed E-state index contributed by atoms with van der Waals surface area (Å²) in [5, 5.41) is 36.9. The minimum atomic E-state index is -1.18. The third kappa shape index (κ3) is 38.7. The van der Waals surface area contributed by atoms with Crippen LogP contribution in [0.1, 0.15) is 148 Å². The highest BCUT2D eigenvalue weighted by atomic mass is 16.6. The van der Waals surface area contributed by atoms with Gasteiger partial charge in [0.15, 0.2) is 0 Å². The molecule has 0 radical (unpaired) electrons. The van der Waals surface area contributed by atoms with E-state index in [1.807, 2.05) is 0 Å². The Bertz CT molecular complexity index is 1270. The number of hydrogen-bond acceptors (Lipinski definition) is 13. The quantitative estimate of drug-likeness (QED) is 0.0271. The monoisotopic (exact) mass is 915 g/mol. The number of amides is 4. The van der Waals surface area contributed by atoms with Gasteiger partial charge in [0.1, 0.15) is 25.4 Å². The molecule has 3 atom stereocenters. The zero-order chi connectivity index (χ0) is 46.7. The van der Waals surface area contributed by atoms with E-state index in [1.165, 1.54) is 57.8 Å². The number of azo groups is 1. The molecule has 1 rings (SSSR count). The summed E-state index contributed by atoms with van der Waals surface area (Å²) in [6.07, 6.45) is 21.1. The minimum Gasteiger partial charge on any atom is -0.481 e. The van der Waals surface area contributed by atoms with Crippen molar-refractivity contribution in [1.29, 1.82) is 0 Å². The van der Waals surface area contributed by atoms with Crippen molar-refractivity contribution in [2.75, 3.05) is 86.1 Å². The summed E-state index contributed by atoms with van der Waals surface area (Å²) < 4.78 is 26.7. The predicted octanol–water partition coefficient (Wildman–Crippen LogP) is 4.88. The molecule has 6 N–H and O–H groups in total. The number of unbranched alkanes of at least 4 members (excludes halogenated alkanes) is 16. The van der Waals surface area contributed by atoms with Crippen LogP contribution >= 0.6 is 0 Å². The standard InChI is InChI=1S/C45H82N6O13/c1-46-51-37(39-34-64-39)20-18-19-25-47-42(54)35-62-32-31-61-29-27-49-43(55)36-63-33-30-60-28-26-48-40(52)24-23-38(45(58)59)50-41(53)21-16-14-12-10-8-6-4-2-3-5-7-9-11-13-15-17-22-44(56)57/h37-39H,2-36H2,1H3,(H,47,54)(H,48,52)(H,49,55)(H,50,53)(H,56,57)(H,58,59). The molecule has 1 heterocycles. The van der Waals surface area contributed by atoms with Crippen molar-refractivity contribution in [3.8, 4) is 0 Å². The molecule has 370 valence electrons. The van der Waals surface area contributed by atoms with Crippen LogP contribution in [-0.4, -0.2) is 150 Å². The Labute approximate surface area is 381 Å². The van der Waals surface area contributed by atoms with Crippen molar-refractivity contribution < 1.29 is 62.7 Å². The summed E-state index contributed by atoms with van der Waals surface area (Å²) >= 11 is 0. The van der Waals surface area contributed by atoms with Crippen LogP contribution in [0.2, 0.25) is 0 Å². The fourth-order valence-electron chi connectivity index (χ4n) is 6.77. The summed E-state index contributed by atoms with van der Waals surface area (Å²) in [4.78, 5) is 70.6. The highest BCUT2D eigenvalue weighted by Gasteiger charge is 2.32. The smallest absolute Gasteiger partial charge is 0.326 e. The van der Waals surface area contributed by atoms with Crippen LogP contribution in [0.3, 0.4) is 0 Å². The molecule has 0 aromatic heterocycles. The van der Waals surface area contributed by atoms with Crippen LogP contribution < -0.4 is 21.3 Å². The van der Waals surface area contributed by atoms with Crippen LogP contribution in [0, 0.1) is 0 Å². The van der Waals surface area contributed by atoms with E-state index in [2.05, 4.69) is 31.5 Å². The largest absolute Gasteiger partial charge is 0.481 e. The molecule has 3 unspecified atom stereocenters. The average molecular weight is 915 g/mol. The second kappa shape index (κ2) is 41.9. The van der Waals surface area contributed by atoms with Gasteiger partial charge in [0.2, 0.25) is 23.6 Å². The highest BCUT2D eigenvalue weighted by molar-refractivity contribution is 5.84. The lowest BCUT2D eigenvalue weighted by molar-refractivity contribution is -0.142. The van der Waals surface area contributed by atoms with Crippen LogP contribution in [0.25, 0.3) is 0 Å². The molecular weight excluding hydrogens is 833 g/mol. The molecule has 19 heteroatoms. The normalized spacial score (nSPS) is 14.2. The number of carbonyl (C=O) groups excluding carboxylic acids is 4. The van der Waals surface area contributed by atoms with E-state index in [4.69, 9.17) is 28.8 Å². The number of rotatable bonds is 47. The molecule has 1 saturated heterocycles. The van der Waals surface area contributed by atoms with Crippen LogP contribution in [0.4, 0.5) is 0 Å². The van der Waals surface area contributed by atoms with Crippen LogP contribution in [-0.2, 0) is 52.5 Å². The van der Waals surface area contributed by atoms with Crippen molar-refractivity contribution in [3.63, 3.8) is 0 Å². The zero-order valence-electron chi connectivity index (χ0n) is 38.8. The molecule has 1 fully saturated rings. The van der Waals surface area contributed by atoms with Crippen molar-refractivity contribution in [1.82, 2.24) is 21.3 Å². The molecule has 0 saturated carbocycles. The summed E-state index contributed by atoms with van der Waals surface area (Å²) in [7, 11) is 1.65. The summed E-state index contributed by atoms with van der Waals surface area (Å²) in [5.41, 5.74) is 0. The first-order valence-corrected chi connectivity index (χ1v) is 23.9. The zero-order valence-corrected chi connectivity index (χ0v) is 38.8. The van der Waals surface area contributed by atoms with Gasteiger partial charge in [0.05, 0.1) is 52.3 Å². The average Bonchev–Trinajstić information content (AvgIpc) is 4.11. The van der Waals surface area contributed by atoms with E-state index in [1.54, 1.807) is 7.05 Å². The summed E-state index contributed by atoms with van der Waals surface area (Å²) in [5.74, 6) is -3.04. The lowest BCUT2D eigenvalue weighted by atomic mass is 10.0. The molecule has 19 nitrogen and oxygen atoms in total. The van der Waals surface area contributed by atoms with Gasteiger partial charge in [-0.1, -0.05) is 89.9 Å². The first-order chi connectivity index (χ1) is 31.1. The Balaban J connectivity index is 1.88. The molecule has 1 aliphatic rings. The second-order valence-electron chi connectivity index (χ2n) is 16.2. The predicted molar refractivity (Wildman–Crippen MR) is 240 cm³/mol. The number of hydrogen-bond donors (Lipinski definition) is 6. The van der Waals surface area contributed by atoms with Gasteiger partial charge in [-0.2, -0.15) is 10.2 Å². The van der Waals surface area contributed by atoms with E-state index in [9.17, 15) is 33.9 Å². The van der Waals surface area contributed by atoms with Gasteiger partial charge in [-0.05, 0) is 38.5 Å². The maximum absolute atomic E-state index is 12.4. The van der Waals surface area contributed by atoms with Gasteiger partial charge < -0.3 is 55.2 Å². The van der Waals surface area contributed by atoms with E-state index in [-0.39, 0.29) is 121 Å². The van der Waals surface area contributed by atoms with Gasteiger partial charge in [0, 0.05) is 45.9 Å². The highest BCUT2D eigenvalue weighted by Crippen LogP contribution is 2.21. The fraction of sp³-hybridized carbons (Fsp3) is 0.867. The molecule has 1 aliphatic heterocycles. The van der Waals surface area contributed by atoms with Gasteiger partial charge >= 0.3 is 11.9 Å². The van der Waals surface area contributed by atoms with Crippen LogP contribution in [0.5, 0.6) is 0 Å². The van der Waals surface area contributed by atoms with Crippen molar-refractivity contribution in [2.24, 2.45) is 10.2 Å². The first kappa shape index (κ1) is 58.2. The van der Waals surface area contributed by atoms with Gasteiger partial charge in [-0.15, -0.1) is 0 Å². The van der Waals surface area contributed by atoms with E-state index >= 15 is 0 Å². The molecule has 0 aliphatic carbocycles. The number of ether oxygens (including phenoxy) is 5. The molecule has 0 spiro atoms. The molecule has 0 aromatic rings. The van der Waals surface area contributed by atoms with Crippen molar-refractivity contribution in [2.45, 2.75) is 166 Å². The first-order valence-electron chi connectivity index (χ1n) is 23.9. The number of carboxylic acids is 2. The number of carbonyl (C=O) groups is 6. The number of nitrogens with zero attached hydrogens (tertiary/aromatic N) is 2. The number of nitrogens with one attached hydrogen (secondary N) is 4. The number of epoxide rings is 1. The van der Waals surface area contributed by atoms with Gasteiger partial charge in [0.25, 0.3) is 0 Å². The molecular formula is C45H82N6O13. The van der Waals surface area contributed by atoms with Crippen molar-refractivity contribution >= 4 is 35.6 Å². The van der Waals surface area contributed by atoms with Gasteiger partial charge in [-0.3, -0.25) is 24.0 Å². The van der Waals surface area contributed by atoms with E-state index < -0.39 is 18.0 Å². The molecule has 64 heavy (non-hydrogen) atoms. The maximum Gasteiger partial charge on any atom is 0.326 e. The van der Waals surface area contributed by atoms with Crippen LogP contribution in [0.15, 0.2) is 10.2 Å². The Hall–Kier alpha value is -3.78. The topological polar surface area (TPSA) is 265 Å². The Morgan fingerprint density at radius 3 is 1.45 bits per heavy atom. The lowest BCUT2D eigenvalue weighted by Gasteiger charge is -2.14. The summed E-state index contributed by atoms with van der Waals surface area (Å²) in [6, 6.07) is -1.03. The lowest BCUT2D eigenvalue weighted by Crippen LogP contribution is -2.41. The molecule has 4 amide bonds. The molecule has 0 bridgehead atoms. The third-order valence-corrected chi connectivity index (χ3v) is 10.5. The maximum atomic E-state index is 12.4. The second-order valence-corrected chi connectivity index (χ2v) is 16.2. The fourth-order valence-corrected chi connectivity index (χ4v) is 6.77. The number of aliphatic carboxylic acids is 2. The van der Waals surface area contributed by atoms with E-state index in [0.717, 1.165) is 64.4 Å². The minimum absolute atomic E-state index is 0.0196.